The zero-order valence-corrected chi connectivity index (χ0v) is 19.2. The monoisotopic (exact) mass is 487 g/mol. The average molecular weight is 488 g/mol. The summed E-state index contributed by atoms with van der Waals surface area (Å²) in [6.45, 7) is 5.33. The van der Waals surface area contributed by atoms with Crippen LogP contribution in [0, 0.1) is 6.92 Å². The van der Waals surface area contributed by atoms with Crippen molar-refractivity contribution in [2.45, 2.75) is 26.9 Å². The second-order valence-corrected chi connectivity index (χ2v) is 7.52. The Morgan fingerprint density at radius 1 is 1.26 bits per heavy atom. The predicted molar refractivity (Wildman–Crippen MR) is 121 cm³/mol. The van der Waals surface area contributed by atoms with Gasteiger partial charge < -0.3 is 14.2 Å². The summed E-state index contributed by atoms with van der Waals surface area (Å²) in [7, 11) is 1.50. The number of fused-ring (bicyclic) bond motifs is 1. The number of hydrogen-bond acceptors (Lipinski definition) is 7. The fourth-order valence-electron chi connectivity index (χ4n) is 2.88. The third kappa shape index (κ3) is 5.11. The zero-order chi connectivity index (χ0) is 22.5. The van der Waals surface area contributed by atoms with Crippen LogP contribution in [0.3, 0.4) is 0 Å². The van der Waals surface area contributed by atoms with Gasteiger partial charge in [0.2, 0.25) is 0 Å². The van der Waals surface area contributed by atoms with Crippen molar-refractivity contribution >= 4 is 39.0 Å². The summed E-state index contributed by atoms with van der Waals surface area (Å²) >= 11 is 3.37. The van der Waals surface area contributed by atoms with Gasteiger partial charge in [-0.15, -0.1) is 0 Å². The summed E-state index contributed by atoms with van der Waals surface area (Å²) in [6, 6.07) is 10.4. The summed E-state index contributed by atoms with van der Waals surface area (Å²) in [5.74, 6) is 0.822. The normalized spacial score (nSPS) is 12.2. The van der Waals surface area contributed by atoms with Gasteiger partial charge in [-0.1, -0.05) is 15.9 Å². The second-order valence-electron chi connectivity index (χ2n) is 6.60. The highest BCUT2D eigenvalue weighted by atomic mass is 79.9. The molecule has 0 saturated carbocycles. The lowest BCUT2D eigenvalue weighted by atomic mass is 10.2. The molecule has 0 N–H and O–H groups in total. The molecule has 0 fully saturated rings. The van der Waals surface area contributed by atoms with E-state index in [9.17, 15) is 9.59 Å². The number of benzene rings is 2. The molecule has 3 rings (SSSR count). The molecule has 31 heavy (non-hydrogen) atoms. The van der Waals surface area contributed by atoms with E-state index in [1.807, 2.05) is 6.07 Å². The molecule has 0 unspecified atom stereocenters. The lowest BCUT2D eigenvalue weighted by Gasteiger charge is -2.16. The quantitative estimate of drug-likeness (QED) is 0.372. The maximum atomic E-state index is 12.8. The summed E-state index contributed by atoms with van der Waals surface area (Å²) in [4.78, 5) is 29.1. The molecular weight excluding hydrogens is 466 g/mol. The van der Waals surface area contributed by atoms with E-state index in [1.165, 1.54) is 18.0 Å². The van der Waals surface area contributed by atoms with Gasteiger partial charge in [0.05, 0.1) is 30.8 Å². The van der Waals surface area contributed by atoms with Crippen LogP contribution in [0.2, 0.25) is 0 Å². The van der Waals surface area contributed by atoms with Crippen molar-refractivity contribution in [1.29, 1.82) is 0 Å². The summed E-state index contributed by atoms with van der Waals surface area (Å²) in [5.41, 5.74) is 1.01. The first kappa shape index (κ1) is 22.5. The van der Waals surface area contributed by atoms with Crippen molar-refractivity contribution in [3.8, 4) is 11.5 Å². The highest BCUT2D eigenvalue weighted by molar-refractivity contribution is 9.10. The zero-order valence-electron chi connectivity index (χ0n) is 17.6. The Balaban J connectivity index is 1.89. The van der Waals surface area contributed by atoms with Gasteiger partial charge >= 0.3 is 5.97 Å². The molecule has 3 aromatic rings. The fourth-order valence-corrected chi connectivity index (χ4v) is 3.24. The van der Waals surface area contributed by atoms with E-state index in [-0.39, 0.29) is 12.2 Å². The van der Waals surface area contributed by atoms with Crippen LogP contribution >= 0.6 is 15.9 Å². The Morgan fingerprint density at radius 3 is 2.74 bits per heavy atom. The first-order chi connectivity index (χ1) is 14.8. The van der Waals surface area contributed by atoms with Crippen LogP contribution in [0.25, 0.3) is 10.9 Å². The molecule has 0 aliphatic heterocycles. The van der Waals surface area contributed by atoms with Gasteiger partial charge in [0.1, 0.15) is 5.82 Å². The number of hydrogen-bond donors (Lipinski definition) is 0. The SMILES string of the molecule is CCOC(=O)[C@@H](C)Oc1ccc(C=Nn2c(C)nc3ccc(Br)cc3c2=O)cc1OC. The molecule has 0 saturated heterocycles. The van der Waals surface area contributed by atoms with Crippen molar-refractivity contribution in [3.05, 3.63) is 62.6 Å². The number of aryl methyl sites for hydroxylation is 1. The average Bonchev–Trinajstić information content (AvgIpc) is 2.75. The number of ether oxygens (including phenoxy) is 3. The molecule has 0 amide bonds. The number of carbonyl (C=O) groups is 1. The molecule has 0 spiro atoms. The number of carbonyl (C=O) groups excluding carboxylic acids is 1. The van der Waals surface area contributed by atoms with E-state index in [4.69, 9.17) is 14.2 Å². The molecule has 0 bridgehead atoms. The first-order valence-corrected chi connectivity index (χ1v) is 10.4. The number of methoxy groups -OCH3 is 1. The number of esters is 1. The lowest BCUT2D eigenvalue weighted by molar-refractivity contribution is -0.150. The van der Waals surface area contributed by atoms with E-state index in [2.05, 4.69) is 26.0 Å². The molecule has 0 aliphatic rings. The Kier molecular flexibility index (Phi) is 7.06. The van der Waals surface area contributed by atoms with Crippen molar-refractivity contribution in [2.75, 3.05) is 13.7 Å². The minimum atomic E-state index is -0.780. The number of halogens is 1. The van der Waals surface area contributed by atoms with Gasteiger partial charge in [-0.2, -0.15) is 9.78 Å². The number of rotatable bonds is 7. The van der Waals surface area contributed by atoms with Crippen LogP contribution in [0.1, 0.15) is 25.2 Å². The van der Waals surface area contributed by atoms with Crippen LogP contribution in [0.5, 0.6) is 11.5 Å². The van der Waals surface area contributed by atoms with E-state index in [0.29, 0.717) is 33.8 Å². The maximum absolute atomic E-state index is 12.8. The van der Waals surface area contributed by atoms with E-state index < -0.39 is 12.1 Å². The molecule has 0 aliphatic carbocycles. The highest BCUT2D eigenvalue weighted by Crippen LogP contribution is 2.28. The molecule has 162 valence electrons. The molecule has 0 radical (unpaired) electrons. The van der Waals surface area contributed by atoms with Crippen LogP contribution < -0.4 is 15.0 Å². The molecule has 8 nitrogen and oxygen atoms in total. The second kappa shape index (κ2) is 9.74. The Hall–Kier alpha value is -3.20. The Bertz CT molecular complexity index is 1210. The Labute approximate surface area is 187 Å². The van der Waals surface area contributed by atoms with Gasteiger partial charge in [0.15, 0.2) is 17.6 Å². The molecule has 1 heterocycles. The molecular formula is C22H22BrN3O5. The van der Waals surface area contributed by atoms with Crippen LogP contribution in [0.15, 0.2) is 50.8 Å². The molecule has 1 aromatic heterocycles. The molecule has 1 atom stereocenters. The number of aromatic nitrogens is 2. The topological polar surface area (TPSA) is 92.0 Å². The summed E-state index contributed by atoms with van der Waals surface area (Å²) in [5, 5.41) is 4.77. The van der Waals surface area contributed by atoms with E-state index in [1.54, 1.807) is 51.1 Å². The van der Waals surface area contributed by atoms with Crippen LogP contribution in [-0.4, -0.2) is 41.7 Å². The first-order valence-electron chi connectivity index (χ1n) is 9.58. The molecule has 2 aromatic carbocycles. The van der Waals surface area contributed by atoms with Crippen molar-refractivity contribution in [2.24, 2.45) is 5.10 Å². The lowest BCUT2D eigenvalue weighted by Crippen LogP contribution is -2.26. The Morgan fingerprint density at radius 2 is 2.03 bits per heavy atom. The van der Waals surface area contributed by atoms with Crippen molar-refractivity contribution in [3.63, 3.8) is 0 Å². The van der Waals surface area contributed by atoms with Crippen LogP contribution in [-0.2, 0) is 9.53 Å². The number of nitrogens with zero attached hydrogens (tertiary/aromatic N) is 3. The standard InChI is InChI=1S/C22H22BrN3O5/c1-5-30-22(28)13(2)31-19-9-6-15(10-20(19)29-4)12-24-26-14(3)25-18-8-7-16(23)11-17(18)21(26)27/h6-13H,5H2,1-4H3/t13-/m1/s1. The van der Waals surface area contributed by atoms with E-state index >= 15 is 0 Å². The fraction of sp³-hybridized carbons (Fsp3) is 0.273. The predicted octanol–water partition coefficient (Wildman–Crippen LogP) is 3.69. The van der Waals surface area contributed by atoms with Gasteiger partial charge in [-0.05, 0) is 62.7 Å². The smallest absolute Gasteiger partial charge is 0.347 e. The van der Waals surface area contributed by atoms with Gasteiger partial charge in [0, 0.05) is 4.47 Å². The van der Waals surface area contributed by atoms with Crippen molar-refractivity contribution in [1.82, 2.24) is 9.66 Å². The molecule has 9 heteroatoms. The third-order valence-corrected chi connectivity index (χ3v) is 4.90. The minimum Gasteiger partial charge on any atom is -0.493 e. The minimum absolute atomic E-state index is 0.268. The van der Waals surface area contributed by atoms with Gasteiger partial charge in [-0.3, -0.25) is 4.79 Å². The summed E-state index contributed by atoms with van der Waals surface area (Å²) in [6.07, 6.45) is 0.749. The third-order valence-electron chi connectivity index (χ3n) is 4.40. The highest BCUT2D eigenvalue weighted by Gasteiger charge is 2.18. The van der Waals surface area contributed by atoms with E-state index in [0.717, 1.165) is 4.47 Å². The van der Waals surface area contributed by atoms with Crippen LogP contribution in [0.4, 0.5) is 0 Å². The van der Waals surface area contributed by atoms with Gasteiger partial charge in [0.25, 0.3) is 5.56 Å². The van der Waals surface area contributed by atoms with Gasteiger partial charge in [-0.25, -0.2) is 9.78 Å². The largest absolute Gasteiger partial charge is 0.493 e. The maximum Gasteiger partial charge on any atom is 0.347 e. The van der Waals surface area contributed by atoms with Crippen molar-refractivity contribution < 1.29 is 19.0 Å². The summed E-state index contributed by atoms with van der Waals surface area (Å²) < 4.78 is 18.0.